The normalized spacial score (nSPS) is 9.83. The lowest BCUT2D eigenvalue weighted by Gasteiger charge is -2.05. The van der Waals surface area contributed by atoms with Gasteiger partial charge in [0.05, 0.1) is 11.1 Å². The molecule has 2 rings (SSSR count). The van der Waals surface area contributed by atoms with E-state index in [0.717, 1.165) is 4.47 Å². The van der Waals surface area contributed by atoms with Crippen LogP contribution in [-0.2, 0) is 0 Å². The van der Waals surface area contributed by atoms with Crippen LogP contribution in [0.4, 0.5) is 5.00 Å². The Morgan fingerprint density at radius 1 is 1.33 bits per heavy atom. The van der Waals surface area contributed by atoms with E-state index in [0.29, 0.717) is 20.6 Å². The zero-order valence-corrected chi connectivity index (χ0v) is 12.9. The maximum absolute atomic E-state index is 12.1. The van der Waals surface area contributed by atoms with Crippen molar-refractivity contribution in [3.63, 3.8) is 0 Å². The van der Waals surface area contributed by atoms with E-state index in [4.69, 9.17) is 5.26 Å². The molecule has 6 heteroatoms. The van der Waals surface area contributed by atoms with E-state index < -0.39 is 0 Å². The van der Waals surface area contributed by atoms with Crippen LogP contribution < -0.4 is 5.32 Å². The Bertz CT molecular complexity index is 646. The van der Waals surface area contributed by atoms with Gasteiger partial charge in [0.15, 0.2) is 0 Å². The fourth-order valence-corrected chi connectivity index (χ4v) is 3.30. The number of nitrogens with one attached hydrogen (secondary N) is 1. The van der Waals surface area contributed by atoms with E-state index >= 15 is 0 Å². The number of hydrogen-bond acceptors (Lipinski definition) is 3. The second-order valence-corrected chi connectivity index (χ2v) is 6.04. The first-order chi connectivity index (χ1) is 8.61. The van der Waals surface area contributed by atoms with Gasteiger partial charge in [0.2, 0.25) is 0 Å². The van der Waals surface area contributed by atoms with Crippen LogP contribution in [0.2, 0.25) is 0 Å². The van der Waals surface area contributed by atoms with Gasteiger partial charge in [-0.2, -0.15) is 5.26 Å². The Labute approximate surface area is 125 Å². The van der Waals surface area contributed by atoms with Gasteiger partial charge in [-0.15, -0.1) is 11.3 Å². The fraction of sp³-hybridized carbons (Fsp3) is 0. The number of nitriles is 1. The summed E-state index contributed by atoms with van der Waals surface area (Å²) < 4.78 is 1.59. The molecule has 0 unspecified atom stereocenters. The molecule has 0 saturated carbocycles. The predicted molar refractivity (Wildman–Crippen MR) is 78.8 cm³/mol. The third-order valence-electron chi connectivity index (χ3n) is 2.19. The van der Waals surface area contributed by atoms with Crippen LogP contribution in [0.1, 0.15) is 15.9 Å². The highest BCUT2D eigenvalue weighted by atomic mass is 79.9. The SMILES string of the molecule is N#Cc1ccsc1NC(=O)c1ccc(Br)cc1Br. The molecular weight excluding hydrogens is 380 g/mol. The predicted octanol–water partition coefficient (Wildman–Crippen LogP) is 4.40. The number of carbonyl (C=O) groups is 1. The molecule has 0 aliphatic carbocycles. The summed E-state index contributed by atoms with van der Waals surface area (Å²) in [7, 11) is 0. The number of anilines is 1. The Kier molecular flexibility index (Phi) is 4.17. The molecule has 0 aliphatic rings. The lowest BCUT2D eigenvalue weighted by Crippen LogP contribution is -2.12. The lowest BCUT2D eigenvalue weighted by atomic mass is 10.2. The smallest absolute Gasteiger partial charge is 0.257 e. The first-order valence-electron chi connectivity index (χ1n) is 4.86. The Morgan fingerprint density at radius 2 is 2.11 bits per heavy atom. The molecule has 1 amide bonds. The molecule has 1 N–H and O–H groups in total. The van der Waals surface area contributed by atoms with E-state index in [1.807, 2.05) is 6.07 Å². The standard InChI is InChI=1S/C12H6Br2N2OS/c13-8-1-2-9(10(14)5-8)11(17)16-12-7(6-15)3-4-18-12/h1-5H,(H,16,17). The lowest BCUT2D eigenvalue weighted by molar-refractivity contribution is 0.102. The molecule has 1 aromatic carbocycles. The number of nitrogens with zero attached hydrogens (tertiary/aromatic N) is 1. The molecule has 0 fully saturated rings. The van der Waals surface area contributed by atoms with Gasteiger partial charge in [-0.3, -0.25) is 4.79 Å². The van der Waals surface area contributed by atoms with Crippen molar-refractivity contribution in [1.29, 1.82) is 5.26 Å². The van der Waals surface area contributed by atoms with Gasteiger partial charge in [-0.05, 0) is 45.6 Å². The molecule has 0 aliphatic heterocycles. The second-order valence-electron chi connectivity index (χ2n) is 3.35. The minimum Gasteiger partial charge on any atom is -0.312 e. The van der Waals surface area contributed by atoms with E-state index in [9.17, 15) is 4.79 Å². The Balaban J connectivity index is 2.25. The monoisotopic (exact) mass is 384 g/mol. The van der Waals surface area contributed by atoms with Crippen molar-refractivity contribution in [2.75, 3.05) is 5.32 Å². The van der Waals surface area contributed by atoms with Crippen molar-refractivity contribution in [2.45, 2.75) is 0 Å². The molecule has 90 valence electrons. The van der Waals surface area contributed by atoms with Crippen molar-refractivity contribution in [2.24, 2.45) is 0 Å². The molecule has 0 radical (unpaired) electrons. The summed E-state index contributed by atoms with van der Waals surface area (Å²) in [6.07, 6.45) is 0. The van der Waals surface area contributed by atoms with Gasteiger partial charge in [-0.1, -0.05) is 15.9 Å². The number of thiophene rings is 1. The average molecular weight is 386 g/mol. The highest BCUT2D eigenvalue weighted by Crippen LogP contribution is 2.26. The molecule has 0 saturated heterocycles. The summed E-state index contributed by atoms with van der Waals surface area (Å²) in [6, 6.07) is 9.01. The van der Waals surface area contributed by atoms with E-state index in [2.05, 4.69) is 37.2 Å². The van der Waals surface area contributed by atoms with E-state index in [1.54, 1.807) is 29.6 Å². The number of hydrogen-bond donors (Lipinski definition) is 1. The molecule has 0 bridgehead atoms. The minimum absolute atomic E-state index is 0.242. The van der Waals surface area contributed by atoms with E-state index in [-0.39, 0.29) is 5.91 Å². The average Bonchev–Trinajstić information content (AvgIpc) is 2.76. The van der Waals surface area contributed by atoms with Gasteiger partial charge in [0.25, 0.3) is 5.91 Å². The first kappa shape index (κ1) is 13.3. The highest BCUT2D eigenvalue weighted by Gasteiger charge is 2.13. The van der Waals surface area contributed by atoms with E-state index in [1.165, 1.54) is 11.3 Å². The van der Waals surface area contributed by atoms with Gasteiger partial charge in [0, 0.05) is 8.95 Å². The van der Waals surface area contributed by atoms with Crippen LogP contribution >= 0.6 is 43.2 Å². The molecule has 3 nitrogen and oxygen atoms in total. The molecular formula is C12H6Br2N2OS. The number of halogens is 2. The largest absolute Gasteiger partial charge is 0.312 e. The molecule has 2 aromatic rings. The van der Waals surface area contributed by atoms with Crippen LogP contribution in [0.15, 0.2) is 38.6 Å². The van der Waals surface area contributed by atoms with Crippen molar-refractivity contribution in [3.05, 3.63) is 49.7 Å². The van der Waals surface area contributed by atoms with Gasteiger partial charge >= 0.3 is 0 Å². The Hall–Kier alpha value is -1.16. The quantitative estimate of drug-likeness (QED) is 0.832. The molecule has 18 heavy (non-hydrogen) atoms. The fourth-order valence-electron chi connectivity index (χ4n) is 1.34. The first-order valence-corrected chi connectivity index (χ1v) is 7.32. The third kappa shape index (κ3) is 2.80. The number of carbonyl (C=O) groups excluding carboxylic acids is 1. The van der Waals surface area contributed by atoms with Crippen molar-refractivity contribution < 1.29 is 4.79 Å². The van der Waals surface area contributed by atoms with Crippen molar-refractivity contribution in [1.82, 2.24) is 0 Å². The van der Waals surface area contributed by atoms with Gasteiger partial charge in [-0.25, -0.2) is 0 Å². The Morgan fingerprint density at radius 3 is 2.78 bits per heavy atom. The van der Waals surface area contributed by atoms with Crippen LogP contribution in [-0.4, -0.2) is 5.91 Å². The van der Waals surface area contributed by atoms with Crippen molar-refractivity contribution >= 4 is 54.1 Å². The summed E-state index contributed by atoms with van der Waals surface area (Å²) >= 11 is 7.99. The maximum atomic E-state index is 12.1. The summed E-state index contributed by atoms with van der Waals surface area (Å²) in [5.41, 5.74) is 0.997. The number of benzene rings is 1. The van der Waals surface area contributed by atoms with Crippen molar-refractivity contribution in [3.8, 4) is 6.07 Å². The maximum Gasteiger partial charge on any atom is 0.257 e. The molecule has 0 atom stereocenters. The molecule has 0 spiro atoms. The van der Waals surface area contributed by atoms with Crippen LogP contribution in [0.25, 0.3) is 0 Å². The minimum atomic E-state index is -0.242. The molecule has 1 aromatic heterocycles. The third-order valence-corrected chi connectivity index (χ3v) is 4.17. The number of rotatable bonds is 2. The van der Waals surface area contributed by atoms with Crippen LogP contribution in [0, 0.1) is 11.3 Å². The second kappa shape index (κ2) is 5.65. The highest BCUT2D eigenvalue weighted by molar-refractivity contribution is 9.11. The summed E-state index contributed by atoms with van der Waals surface area (Å²) in [5.74, 6) is -0.242. The zero-order valence-electron chi connectivity index (χ0n) is 8.91. The van der Waals surface area contributed by atoms with Gasteiger partial charge < -0.3 is 5.32 Å². The van der Waals surface area contributed by atoms with Gasteiger partial charge in [0.1, 0.15) is 11.1 Å². The number of amides is 1. The van der Waals surface area contributed by atoms with Crippen LogP contribution in [0.3, 0.4) is 0 Å². The summed E-state index contributed by atoms with van der Waals surface area (Å²) in [4.78, 5) is 12.1. The topological polar surface area (TPSA) is 52.9 Å². The molecule has 1 heterocycles. The summed E-state index contributed by atoms with van der Waals surface area (Å²) in [6.45, 7) is 0. The summed E-state index contributed by atoms with van der Waals surface area (Å²) in [5, 5.41) is 13.9. The van der Waals surface area contributed by atoms with Crippen LogP contribution in [0.5, 0.6) is 0 Å². The zero-order chi connectivity index (χ0) is 13.1.